The molecule has 2 rings (SSSR count). The van der Waals surface area contributed by atoms with E-state index in [0.717, 1.165) is 31.0 Å². The van der Waals surface area contributed by atoms with Crippen molar-refractivity contribution in [1.29, 1.82) is 0 Å². The molecular formula is C12H16F2IN3. The van der Waals surface area contributed by atoms with Crippen LogP contribution >= 0.6 is 24.0 Å². The summed E-state index contributed by atoms with van der Waals surface area (Å²) in [6.45, 7) is 2.35. The van der Waals surface area contributed by atoms with Gasteiger partial charge in [0.05, 0.1) is 0 Å². The van der Waals surface area contributed by atoms with E-state index < -0.39 is 6.43 Å². The number of halogens is 3. The Bertz CT molecular complexity index is 393. The molecule has 1 aromatic carbocycles. The van der Waals surface area contributed by atoms with Crippen LogP contribution in [0.2, 0.25) is 0 Å². The molecule has 0 radical (unpaired) electrons. The van der Waals surface area contributed by atoms with E-state index >= 15 is 0 Å². The zero-order valence-electron chi connectivity index (χ0n) is 9.83. The highest BCUT2D eigenvalue weighted by Gasteiger charge is 2.06. The van der Waals surface area contributed by atoms with Gasteiger partial charge in [0.25, 0.3) is 6.43 Å². The Balaban J connectivity index is 0.00000162. The van der Waals surface area contributed by atoms with Gasteiger partial charge >= 0.3 is 0 Å². The minimum atomic E-state index is -2.40. The first-order valence-corrected chi connectivity index (χ1v) is 5.65. The first-order chi connectivity index (χ1) is 8.25. The second-order valence-electron chi connectivity index (χ2n) is 3.91. The molecule has 0 unspecified atom stereocenters. The molecule has 2 N–H and O–H groups in total. The summed E-state index contributed by atoms with van der Waals surface area (Å²) in [6.07, 6.45) is -1.35. The van der Waals surface area contributed by atoms with E-state index in [-0.39, 0.29) is 29.5 Å². The van der Waals surface area contributed by atoms with Crippen LogP contribution < -0.4 is 10.6 Å². The Hall–Kier alpha value is -0.920. The first kappa shape index (κ1) is 15.1. The summed E-state index contributed by atoms with van der Waals surface area (Å²) in [5.41, 5.74) is 1.02. The molecule has 6 heteroatoms. The molecule has 0 bridgehead atoms. The van der Waals surface area contributed by atoms with Crippen LogP contribution in [-0.4, -0.2) is 19.0 Å². The van der Waals surface area contributed by atoms with Gasteiger partial charge in [-0.15, -0.1) is 24.0 Å². The topological polar surface area (TPSA) is 36.4 Å². The minimum Gasteiger partial charge on any atom is -0.356 e. The van der Waals surface area contributed by atoms with Gasteiger partial charge in [0.15, 0.2) is 5.96 Å². The van der Waals surface area contributed by atoms with Gasteiger partial charge in [-0.05, 0) is 12.0 Å². The fourth-order valence-electron chi connectivity index (χ4n) is 1.62. The lowest BCUT2D eigenvalue weighted by molar-refractivity contribution is 0.151. The van der Waals surface area contributed by atoms with Crippen molar-refractivity contribution < 1.29 is 8.78 Å². The average Bonchev–Trinajstić information content (AvgIpc) is 2.38. The van der Waals surface area contributed by atoms with Crippen molar-refractivity contribution in [2.75, 3.05) is 13.1 Å². The summed E-state index contributed by atoms with van der Waals surface area (Å²) in [7, 11) is 0. The standard InChI is InChI=1S/C12H15F2N3.HI/c13-11(14)10-4-2-9(3-5-10)8-17-12-15-6-1-7-16-12;/h2-5,11H,1,6-8H2,(H2,15,16,17);1H. The normalized spacial score (nSPS) is 14.5. The summed E-state index contributed by atoms with van der Waals surface area (Å²) in [5.74, 6) is 0.786. The van der Waals surface area contributed by atoms with E-state index in [9.17, 15) is 8.78 Å². The lowest BCUT2D eigenvalue weighted by Crippen LogP contribution is -2.40. The monoisotopic (exact) mass is 367 g/mol. The van der Waals surface area contributed by atoms with Crippen LogP contribution in [0, 0.1) is 0 Å². The molecule has 1 aliphatic heterocycles. The SMILES string of the molecule is FC(F)c1ccc(CNC2=NCCCN2)cc1.I. The molecule has 0 saturated carbocycles. The summed E-state index contributed by atoms with van der Waals surface area (Å²) in [5, 5.41) is 6.28. The van der Waals surface area contributed by atoms with Gasteiger partial charge in [0.2, 0.25) is 0 Å². The number of guanidine groups is 1. The molecule has 1 aromatic rings. The molecule has 3 nitrogen and oxygen atoms in total. The van der Waals surface area contributed by atoms with E-state index in [1.165, 1.54) is 12.1 Å². The fraction of sp³-hybridized carbons (Fsp3) is 0.417. The molecule has 0 fully saturated rings. The highest BCUT2D eigenvalue weighted by Crippen LogP contribution is 2.18. The largest absolute Gasteiger partial charge is 0.356 e. The molecule has 18 heavy (non-hydrogen) atoms. The van der Waals surface area contributed by atoms with Gasteiger partial charge < -0.3 is 10.6 Å². The molecule has 0 saturated heterocycles. The van der Waals surface area contributed by atoms with Gasteiger partial charge in [-0.3, -0.25) is 4.99 Å². The molecule has 0 amide bonds. The Morgan fingerprint density at radius 3 is 2.56 bits per heavy atom. The van der Waals surface area contributed by atoms with Crippen LogP contribution in [0.1, 0.15) is 24.0 Å². The number of alkyl halides is 2. The fourth-order valence-corrected chi connectivity index (χ4v) is 1.62. The predicted octanol–water partition coefficient (Wildman–Crippen LogP) is 2.68. The van der Waals surface area contributed by atoms with Crippen molar-refractivity contribution in [3.05, 3.63) is 35.4 Å². The van der Waals surface area contributed by atoms with E-state index in [1.54, 1.807) is 12.1 Å². The van der Waals surface area contributed by atoms with Crippen LogP contribution in [-0.2, 0) is 6.54 Å². The maximum absolute atomic E-state index is 12.3. The maximum atomic E-state index is 12.3. The van der Waals surface area contributed by atoms with E-state index in [4.69, 9.17) is 0 Å². The number of nitrogens with one attached hydrogen (secondary N) is 2. The highest BCUT2D eigenvalue weighted by molar-refractivity contribution is 14.0. The molecular weight excluding hydrogens is 351 g/mol. The predicted molar refractivity (Wildman–Crippen MR) is 78.6 cm³/mol. The third kappa shape index (κ3) is 4.40. The number of hydrogen-bond acceptors (Lipinski definition) is 3. The second kappa shape index (κ2) is 7.50. The van der Waals surface area contributed by atoms with E-state index in [1.807, 2.05) is 0 Å². The Morgan fingerprint density at radius 1 is 1.28 bits per heavy atom. The Labute approximate surface area is 122 Å². The molecule has 0 aliphatic carbocycles. The van der Waals surface area contributed by atoms with Gasteiger partial charge in [-0.25, -0.2) is 8.78 Å². The molecule has 0 aromatic heterocycles. The van der Waals surface area contributed by atoms with Crippen LogP contribution in [0.4, 0.5) is 8.78 Å². The molecule has 1 aliphatic rings. The lowest BCUT2D eigenvalue weighted by Gasteiger charge is -2.16. The number of aliphatic imine (C=N–C) groups is 1. The van der Waals surface area contributed by atoms with Crippen molar-refractivity contribution in [1.82, 2.24) is 10.6 Å². The van der Waals surface area contributed by atoms with Crippen LogP contribution in [0.25, 0.3) is 0 Å². The zero-order valence-corrected chi connectivity index (χ0v) is 12.2. The summed E-state index contributed by atoms with van der Waals surface area (Å²) < 4.78 is 24.7. The molecule has 100 valence electrons. The smallest absolute Gasteiger partial charge is 0.263 e. The van der Waals surface area contributed by atoms with Gasteiger partial charge in [0, 0.05) is 25.2 Å². The second-order valence-corrected chi connectivity index (χ2v) is 3.91. The lowest BCUT2D eigenvalue weighted by atomic mass is 10.1. The maximum Gasteiger partial charge on any atom is 0.263 e. The summed E-state index contributed by atoms with van der Waals surface area (Å²) in [6, 6.07) is 6.32. The third-order valence-electron chi connectivity index (χ3n) is 2.59. The van der Waals surface area contributed by atoms with Gasteiger partial charge in [-0.1, -0.05) is 24.3 Å². The third-order valence-corrected chi connectivity index (χ3v) is 2.59. The van der Waals surface area contributed by atoms with E-state index in [2.05, 4.69) is 15.6 Å². The number of nitrogens with zero attached hydrogens (tertiary/aromatic N) is 1. The first-order valence-electron chi connectivity index (χ1n) is 5.65. The molecule has 0 atom stereocenters. The summed E-state index contributed by atoms with van der Waals surface area (Å²) in [4.78, 5) is 4.26. The zero-order chi connectivity index (χ0) is 12.1. The van der Waals surface area contributed by atoms with Crippen molar-refractivity contribution in [2.24, 2.45) is 4.99 Å². The van der Waals surface area contributed by atoms with Crippen LogP contribution in [0.5, 0.6) is 0 Å². The Kier molecular flexibility index (Phi) is 6.31. The number of rotatable bonds is 3. The Morgan fingerprint density at radius 2 is 2.00 bits per heavy atom. The molecule has 0 spiro atoms. The molecule has 1 heterocycles. The van der Waals surface area contributed by atoms with Crippen LogP contribution in [0.15, 0.2) is 29.3 Å². The van der Waals surface area contributed by atoms with Crippen molar-refractivity contribution in [3.63, 3.8) is 0 Å². The van der Waals surface area contributed by atoms with Gasteiger partial charge in [-0.2, -0.15) is 0 Å². The minimum absolute atomic E-state index is 0. The summed E-state index contributed by atoms with van der Waals surface area (Å²) >= 11 is 0. The van der Waals surface area contributed by atoms with Gasteiger partial charge in [0.1, 0.15) is 0 Å². The highest BCUT2D eigenvalue weighted by atomic mass is 127. The number of hydrogen-bond donors (Lipinski definition) is 2. The van der Waals surface area contributed by atoms with E-state index in [0.29, 0.717) is 6.54 Å². The van der Waals surface area contributed by atoms with Crippen molar-refractivity contribution >= 4 is 29.9 Å². The quantitative estimate of drug-likeness (QED) is 0.807. The average molecular weight is 367 g/mol. The van der Waals surface area contributed by atoms with Crippen LogP contribution in [0.3, 0.4) is 0 Å². The van der Waals surface area contributed by atoms with Crippen molar-refractivity contribution in [2.45, 2.75) is 19.4 Å². The number of benzene rings is 1. The van der Waals surface area contributed by atoms with Crippen molar-refractivity contribution in [3.8, 4) is 0 Å².